The number of pyridine rings is 1. The van der Waals surface area contributed by atoms with Gasteiger partial charge < -0.3 is 4.18 Å². The molecule has 0 saturated heterocycles. The number of amides is 1. The largest absolute Gasteiger partial charge is 0.383 e. The second-order valence-corrected chi connectivity index (χ2v) is 8.55. The molecule has 0 aliphatic carbocycles. The molecule has 0 fully saturated rings. The summed E-state index contributed by atoms with van der Waals surface area (Å²) in [6, 6.07) is 9.69. The Hall–Kier alpha value is -3.31. The molecule has 3 heterocycles. The van der Waals surface area contributed by atoms with Gasteiger partial charge in [-0.05, 0) is 47.7 Å². The molecule has 0 spiro atoms. The van der Waals surface area contributed by atoms with Crippen LogP contribution in [0, 0.1) is 5.41 Å². The molecule has 11 heteroatoms. The molecule has 1 aromatic heterocycles. The van der Waals surface area contributed by atoms with Crippen molar-refractivity contribution in [2.75, 3.05) is 6.26 Å². The minimum Gasteiger partial charge on any atom is -0.383 e. The summed E-state index contributed by atoms with van der Waals surface area (Å²) in [6.07, 6.45) is 5.74. The van der Waals surface area contributed by atoms with Crippen LogP contribution in [0.2, 0.25) is 0 Å². The fourth-order valence-electron chi connectivity index (χ4n) is 2.56. The van der Waals surface area contributed by atoms with Crippen molar-refractivity contribution in [1.29, 1.82) is 5.41 Å². The highest BCUT2D eigenvalue weighted by Gasteiger charge is 2.36. The highest BCUT2D eigenvalue weighted by molar-refractivity contribution is 8.27. The van der Waals surface area contributed by atoms with E-state index in [1.807, 2.05) is 6.07 Å². The van der Waals surface area contributed by atoms with Crippen LogP contribution >= 0.6 is 11.8 Å². The molecular formula is C18H13N5O4S2. The molecule has 146 valence electrons. The number of nitrogens with one attached hydrogen (secondary N) is 1. The minimum absolute atomic E-state index is 0.0716. The van der Waals surface area contributed by atoms with E-state index >= 15 is 0 Å². The summed E-state index contributed by atoms with van der Waals surface area (Å²) in [5, 5.41) is 15.0. The van der Waals surface area contributed by atoms with E-state index < -0.39 is 16.0 Å². The summed E-state index contributed by atoms with van der Waals surface area (Å²) in [7, 11) is -3.62. The maximum Gasteiger partial charge on any atom is 0.306 e. The van der Waals surface area contributed by atoms with Crippen molar-refractivity contribution in [3.05, 3.63) is 65.5 Å². The summed E-state index contributed by atoms with van der Waals surface area (Å²) in [4.78, 5) is 20.5. The Morgan fingerprint density at radius 3 is 2.62 bits per heavy atom. The molecule has 1 N–H and O–H groups in total. The Morgan fingerprint density at radius 1 is 1.21 bits per heavy atom. The predicted octanol–water partition coefficient (Wildman–Crippen LogP) is 2.09. The van der Waals surface area contributed by atoms with Gasteiger partial charge in [0.2, 0.25) is 5.17 Å². The van der Waals surface area contributed by atoms with Crippen molar-refractivity contribution in [3.8, 4) is 5.75 Å². The molecule has 1 aromatic carbocycles. The van der Waals surface area contributed by atoms with Gasteiger partial charge in [-0.1, -0.05) is 12.1 Å². The Bertz CT molecular complexity index is 1200. The SMILES string of the molecule is CS(=O)(=O)Oc1ccc(/C=C2\C(=N)N3N=C(c4cccnc4)SC3=NC2=O)cc1. The van der Waals surface area contributed by atoms with Crippen molar-refractivity contribution in [2.45, 2.75) is 0 Å². The Morgan fingerprint density at radius 2 is 1.97 bits per heavy atom. The fourth-order valence-corrected chi connectivity index (χ4v) is 3.90. The fraction of sp³-hybridized carbons (Fsp3) is 0.0556. The molecule has 0 bridgehead atoms. The predicted molar refractivity (Wildman–Crippen MR) is 110 cm³/mol. The van der Waals surface area contributed by atoms with E-state index in [-0.39, 0.29) is 17.2 Å². The summed E-state index contributed by atoms with van der Waals surface area (Å²) in [6.45, 7) is 0. The quantitative estimate of drug-likeness (QED) is 0.585. The lowest BCUT2D eigenvalue weighted by atomic mass is 10.1. The van der Waals surface area contributed by atoms with Crippen molar-refractivity contribution in [3.63, 3.8) is 0 Å². The van der Waals surface area contributed by atoms with Crippen molar-refractivity contribution >= 4 is 49.9 Å². The topological polar surface area (TPSA) is 125 Å². The summed E-state index contributed by atoms with van der Waals surface area (Å²) in [5.41, 5.74) is 1.42. The van der Waals surface area contributed by atoms with Crippen LogP contribution in [0.4, 0.5) is 0 Å². The van der Waals surface area contributed by atoms with Crippen LogP contribution in [0.5, 0.6) is 5.75 Å². The molecule has 0 unspecified atom stereocenters. The van der Waals surface area contributed by atoms with E-state index in [9.17, 15) is 13.2 Å². The smallest absolute Gasteiger partial charge is 0.306 e. The first-order valence-electron chi connectivity index (χ1n) is 8.20. The summed E-state index contributed by atoms with van der Waals surface area (Å²) < 4.78 is 27.1. The zero-order chi connectivity index (χ0) is 20.6. The second-order valence-electron chi connectivity index (χ2n) is 6.02. The zero-order valence-corrected chi connectivity index (χ0v) is 16.6. The van der Waals surface area contributed by atoms with Crippen LogP contribution in [-0.4, -0.2) is 46.6 Å². The third-order valence-electron chi connectivity index (χ3n) is 3.80. The van der Waals surface area contributed by atoms with Crippen molar-refractivity contribution < 1.29 is 17.4 Å². The van der Waals surface area contributed by atoms with E-state index in [0.717, 1.165) is 11.8 Å². The van der Waals surface area contributed by atoms with Gasteiger partial charge in [0.15, 0.2) is 5.84 Å². The number of nitrogens with zero attached hydrogens (tertiary/aromatic N) is 4. The van der Waals surface area contributed by atoms with Gasteiger partial charge in [-0.3, -0.25) is 15.2 Å². The van der Waals surface area contributed by atoms with Gasteiger partial charge in [0.25, 0.3) is 5.91 Å². The molecule has 9 nitrogen and oxygen atoms in total. The van der Waals surface area contributed by atoms with Crippen LogP contribution in [-0.2, 0) is 14.9 Å². The first-order chi connectivity index (χ1) is 13.8. The van der Waals surface area contributed by atoms with Gasteiger partial charge >= 0.3 is 10.1 Å². The van der Waals surface area contributed by atoms with E-state index in [4.69, 9.17) is 9.59 Å². The van der Waals surface area contributed by atoms with Crippen LogP contribution < -0.4 is 4.18 Å². The van der Waals surface area contributed by atoms with Crippen molar-refractivity contribution in [2.24, 2.45) is 10.1 Å². The molecule has 2 aliphatic rings. The molecule has 0 atom stereocenters. The van der Waals surface area contributed by atoms with Crippen LogP contribution in [0.25, 0.3) is 6.08 Å². The molecule has 2 aliphatic heterocycles. The number of hydrazone groups is 1. The third-order valence-corrected chi connectivity index (χ3v) is 5.25. The molecule has 2 aromatic rings. The number of benzene rings is 1. The Balaban J connectivity index is 1.61. The highest BCUT2D eigenvalue weighted by atomic mass is 32.2. The number of amidine groups is 2. The molecule has 0 saturated carbocycles. The number of hydrogen-bond acceptors (Lipinski definition) is 8. The van der Waals surface area contributed by atoms with Crippen LogP contribution in [0.1, 0.15) is 11.1 Å². The number of aliphatic imine (C=N–C) groups is 1. The minimum atomic E-state index is -3.62. The number of carbonyl (C=O) groups is 1. The van der Waals surface area contributed by atoms with E-state index in [0.29, 0.717) is 15.8 Å². The first kappa shape index (κ1) is 19.0. The number of aromatic nitrogens is 1. The van der Waals surface area contributed by atoms with Gasteiger partial charge in [0.05, 0.1) is 11.8 Å². The Labute approximate surface area is 170 Å². The van der Waals surface area contributed by atoms with Crippen molar-refractivity contribution in [1.82, 2.24) is 9.99 Å². The normalized spacial score (nSPS) is 17.8. The van der Waals surface area contributed by atoms with Gasteiger partial charge in [0.1, 0.15) is 10.8 Å². The molecular weight excluding hydrogens is 414 g/mol. The first-order valence-corrected chi connectivity index (χ1v) is 10.8. The van der Waals surface area contributed by atoms with E-state index in [1.165, 1.54) is 35.0 Å². The summed E-state index contributed by atoms with van der Waals surface area (Å²) >= 11 is 1.19. The maximum absolute atomic E-state index is 12.4. The standard InChI is InChI=1S/C18H13N5O4S2/c1-29(25,26)27-13-6-4-11(5-7-13)9-14-15(19)23-18(21-16(14)24)28-17(22-23)12-3-2-8-20-10-12/h2-10,19H,1H3/b14-9+,19-15?. The highest BCUT2D eigenvalue weighted by Crippen LogP contribution is 2.30. The van der Waals surface area contributed by atoms with E-state index in [1.54, 1.807) is 30.6 Å². The molecule has 0 radical (unpaired) electrons. The monoisotopic (exact) mass is 427 g/mol. The number of thioether (sulfide) groups is 1. The summed E-state index contributed by atoms with van der Waals surface area (Å²) in [5.74, 6) is -0.489. The molecule has 29 heavy (non-hydrogen) atoms. The lowest BCUT2D eigenvalue weighted by Gasteiger charge is -2.20. The number of fused-ring (bicyclic) bond motifs is 1. The number of hydrogen-bond donors (Lipinski definition) is 1. The van der Waals surface area contributed by atoms with Gasteiger partial charge in [-0.25, -0.2) is 0 Å². The lowest BCUT2D eigenvalue weighted by molar-refractivity contribution is -0.114. The van der Waals surface area contributed by atoms with Crippen LogP contribution in [0.15, 0.2) is 64.5 Å². The zero-order valence-electron chi connectivity index (χ0n) is 14.9. The molecule has 4 rings (SSSR count). The van der Waals surface area contributed by atoms with E-state index in [2.05, 4.69) is 15.1 Å². The Kier molecular flexibility index (Phi) is 4.76. The average molecular weight is 427 g/mol. The average Bonchev–Trinajstić information content (AvgIpc) is 3.10. The second kappa shape index (κ2) is 7.26. The number of carbonyl (C=O) groups excluding carboxylic acids is 1. The third kappa shape index (κ3) is 4.10. The number of rotatable bonds is 4. The maximum atomic E-state index is 12.4. The van der Waals surface area contributed by atoms with Crippen LogP contribution in [0.3, 0.4) is 0 Å². The van der Waals surface area contributed by atoms with Gasteiger partial charge in [0, 0.05) is 18.0 Å². The molecule has 1 amide bonds. The van der Waals surface area contributed by atoms with Gasteiger partial charge in [-0.2, -0.15) is 23.5 Å². The lowest BCUT2D eigenvalue weighted by Crippen LogP contribution is -2.35. The van der Waals surface area contributed by atoms with Gasteiger partial charge in [-0.15, -0.1) is 0 Å².